The van der Waals surface area contributed by atoms with Crippen LogP contribution in [0.3, 0.4) is 0 Å². The lowest BCUT2D eigenvalue weighted by Gasteiger charge is -2.38. The summed E-state index contributed by atoms with van der Waals surface area (Å²) in [7, 11) is 0. The third kappa shape index (κ3) is 2.39. The molecule has 0 saturated carbocycles. The third-order valence-electron chi connectivity index (χ3n) is 3.33. The Labute approximate surface area is 92.3 Å². The molecule has 0 bridgehead atoms. The van der Waals surface area contributed by atoms with E-state index in [-0.39, 0.29) is 0 Å². The highest BCUT2D eigenvalue weighted by molar-refractivity contribution is 5.18. The van der Waals surface area contributed by atoms with Crippen LogP contribution in [0.4, 0.5) is 0 Å². The summed E-state index contributed by atoms with van der Waals surface area (Å²) in [6.07, 6.45) is 0. The maximum absolute atomic E-state index is 3.43. The van der Waals surface area contributed by atoms with Gasteiger partial charge in [0.25, 0.3) is 0 Å². The SMILES string of the molecule is CC(c1ccccc1)N1CCNC[C@H]1C. The molecule has 1 heterocycles. The summed E-state index contributed by atoms with van der Waals surface area (Å²) in [6, 6.07) is 11.9. The zero-order valence-corrected chi connectivity index (χ0v) is 9.61. The van der Waals surface area contributed by atoms with Crippen molar-refractivity contribution in [2.24, 2.45) is 0 Å². The highest BCUT2D eigenvalue weighted by Crippen LogP contribution is 2.22. The van der Waals surface area contributed by atoms with Crippen molar-refractivity contribution in [2.45, 2.75) is 25.9 Å². The lowest BCUT2D eigenvalue weighted by Crippen LogP contribution is -2.50. The fourth-order valence-electron chi connectivity index (χ4n) is 2.36. The number of hydrogen-bond donors (Lipinski definition) is 1. The number of piperazine rings is 1. The van der Waals surface area contributed by atoms with E-state index in [9.17, 15) is 0 Å². The molecule has 2 heteroatoms. The zero-order chi connectivity index (χ0) is 10.7. The van der Waals surface area contributed by atoms with Gasteiger partial charge in [-0.15, -0.1) is 0 Å². The van der Waals surface area contributed by atoms with E-state index in [1.54, 1.807) is 0 Å². The summed E-state index contributed by atoms with van der Waals surface area (Å²) in [6.45, 7) is 7.97. The molecule has 15 heavy (non-hydrogen) atoms. The highest BCUT2D eigenvalue weighted by Gasteiger charge is 2.23. The summed E-state index contributed by atoms with van der Waals surface area (Å²) in [5.74, 6) is 0. The first-order valence-electron chi connectivity index (χ1n) is 5.80. The van der Waals surface area contributed by atoms with Crippen LogP contribution >= 0.6 is 0 Å². The lowest BCUT2D eigenvalue weighted by atomic mass is 10.0. The number of nitrogens with one attached hydrogen (secondary N) is 1. The molecule has 1 unspecified atom stereocenters. The normalized spacial score (nSPS) is 25.1. The topological polar surface area (TPSA) is 15.3 Å². The van der Waals surface area contributed by atoms with E-state index < -0.39 is 0 Å². The van der Waals surface area contributed by atoms with Gasteiger partial charge in [0.2, 0.25) is 0 Å². The Morgan fingerprint density at radius 2 is 2.07 bits per heavy atom. The molecule has 1 aliphatic rings. The van der Waals surface area contributed by atoms with Crippen LogP contribution in [-0.4, -0.2) is 30.6 Å². The standard InChI is InChI=1S/C13H20N2/c1-11-10-14-8-9-15(11)12(2)13-6-4-3-5-7-13/h3-7,11-12,14H,8-10H2,1-2H3/t11-,12?/m1/s1. The molecule has 0 spiro atoms. The molecule has 1 fully saturated rings. The van der Waals surface area contributed by atoms with E-state index in [4.69, 9.17) is 0 Å². The van der Waals surface area contributed by atoms with Gasteiger partial charge >= 0.3 is 0 Å². The maximum Gasteiger partial charge on any atom is 0.0323 e. The number of benzene rings is 1. The van der Waals surface area contributed by atoms with E-state index in [1.807, 2.05) is 0 Å². The average molecular weight is 204 g/mol. The summed E-state index contributed by atoms with van der Waals surface area (Å²) in [5.41, 5.74) is 1.42. The summed E-state index contributed by atoms with van der Waals surface area (Å²) < 4.78 is 0. The van der Waals surface area contributed by atoms with E-state index in [2.05, 4.69) is 54.4 Å². The monoisotopic (exact) mass is 204 g/mol. The van der Waals surface area contributed by atoms with Crippen LogP contribution in [0.15, 0.2) is 30.3 Å². The van der Waals surface area contributed by atoms with Crippen LogP contribution in [0.2, 0.25) is 0 Å². The molecule has 2 rings (SSSR count). The van der Waals surface area contributed by atoms with Crippen molar-refractivity contribution in [2.75, 3.05) is 19.6 Å². The smallest absolute Gasteiger partial charge is 0.0323 e. The molecule has 1 aromatic rings. The second-order valence-corrected chi connectivity index (χ2v) is 4.38. The number of rotatable bonds is 2. The molecule has 0 amide bonds. The molecule has 0 aliphatic carbocycles. The van der Waals surface area contributed by atoms with E-state index >= 15 is 0 Å². The van der Waals surface area contributed by atoms with Gasteiger partial charge in [-0.25, -0.2) is 0 Å². The molecule has 0 radical (unpaired) electrons. The fraction of sp³-hybridized carbons (Fsp3) is 0.538. The molecule has 82 valence electrons. The van der Waals surface area contributed by atoms with Crippen molar-refractivity contribution in [3.8, 4) is 0 Å². The van der Waals surface area contributed by atoms with Crippen LogP contribution < -0.4 is 5.32 Å². The zero-order valence-electron chi connectivity index (χ0n) is 9.61. The first-order chi connectivity index (χ1) is 7.29. The molecular weight excluding hydrogens is 184 g/mol. The average Bonchev–Trinajstić information content (AvgIpc) is 2.30. The number of hydrogen-bond acceptors (Lipinski definition) is 2. The molecule has 1 aliphatic heterocycles. The largest absolute Gasteiger partial charge is 0.314 e. The van der Waals surface area contributed by atoms with Gasteiger partial charge in [-0.2, -0.15) is 0 Å². The predicted octanol–water partition coefficient (Wildman–Crippen LogP) is 2.04. The van der Waals surface area contributed by atoms with Crippen LogP contribution in [0.5, 0.6) is 0 Å². The maximum atomic E-state index is 3.43. The van der Waals surface area contributed by atoms with Gasteiger partial charge in [0.15, 0.2) is 0 Å². The second kappa shape index (κ2) is 4.77. The van der Waals surface area contributed by atoms with Crippen LogP contribution in [0.25, 0.3) is 0 Å². The molecule has 2 nitrogen and oxygen atoms in total. The molecule has 1 N–H and O–H groups in total. The van der Waals surface area contributed by atoms with E-state index in [0.29, 0.717) is 12.1 Å². The summed E-state index contributed by atoms with van der Waals surface area (Å²) in [4.78, 5) is 2.58. The summed E-state index contributed by atoms with van der Waals surface area (Å²) in [5, 5.41) is 3.43. The van der Waals surface area contributed by atoms with Crippen LogP contribution in [0.1, 0.15) is 25.5 Å². The van der Waals surface area contributed by atoms with Crippen molar-refractivity contribution in [3.63, 3.8) is 0 Å². The molecular formula is C13H20N2. The first kappa shape index (κ1) is 10.7. The second-order valence-electron chi connectivity index (χ2n) is 4.38. The Morgan fingerprint density at radius 1 is 1.33 bits per heavy atom. The molecule has 2 atom stereocenters. The minimum Gasteiger partial charge on any atom is -0.314 e. The van der Waals surface area contributed by atoms with Crippen molar-refractivity contribution in [1.29, 1.82) is 0 Å². The van der Waals surface area contributed by atoms with Crippen molar-refractivity contribution in [1.82, 2.24) is 10.2 Å². The predicted molar refractivity (Wildman–Crippen MR) is 63.9 cm³/mol. The molecule has 1 saturated heterocycles. The van der Waals surface area contributed by atoms with Crippen LogP contribution in [-0.2, 0) is 0 Å². The van der Waals surface area contributed by atoms with Gasteiger partial charge in [-0.1, -0.05) is 30.3 Å². The molecule has 1 aromatic carbocycles. The third-order valence-corrected chi connectivity index (χ3v) is 3.33. The van der Waals surface area contributed by atoms with Gasteiger partial charge in [0.05, 0.1) is 0 Å². The Bertz CT molecular complexity index is 297. The fourth-order valence-corrected chi connectivity index (χ4v) is 2.36. The summed E-state index contributed by atoms with van der Waals surface area (Å²) >= 11 is 0. The number of nitrogens with zero attached hydrogens (tertiary/aromatic N) is 1. The van der Waals surface area contributed by atoms with Gasteiger partial charge in [-0.05, 0) is 19.4 Å². The Kier molecular flexibility index (Phi) is 3.39. The first-order valence-corrected chi connectivity index (χ1v) is 5.80. The van der Waals surface area contributed by atoms with E-state index in [1.165, 1.54) is 5.56 Å². The van der Waals surface area contributed by atoms with Crippen molar-refractivity contribution < 1.29 is 0 Å². The van der Waals surface area contributed by atoms with Crippen LogP contribution in [0, 0.1) is 0 Å². The van der Waals surface area contributed by atoms with Gasteiger partial charge in [0.1, 0.15) is 0 Å². The highest BCUT2D eigenvalue weighted by atomic mass is 15.2. The lowest BCUT2D eigenvalue weighted by molar-refractivity contribution is 0.126. The van der Waals surface area contributed by atoms with Crippen molar-refractivity contribution >= 4 is 0 Å². The Morgan fingerprint density at radius 3 is 2.73 bits per heavy atom. The van der Waals surface area contributed by atoms with E-state index in [0.717, 1.165) is 19.6 Å². The van der Waals surface area contributed by atoms with Crippen molar-refractivity contribution in [3.05, 3.63) is 35.9 Å². The Hall–Kier alpha value is -0.860. The quantitative estimate of drug-likeness (QED) is 0.793. The Balaban J connectivity index is 2.09. The minimum absolute atomic E-state index is 0.531. The minimum atomic E-state index is 0.531. The molecule has 0 aromatic heterocycles. The van der Waals surface area contributed by atoms with Gasteiger partial charge < -0.3 is 5.32 Å². The van der Waals surface area contributed by atoms with Gasteiger partial charge in [0, 0.05) is 31.7 Å². The van der Waals surface area contributed by atoms with Gasteiger partial charge in [-0.3, -0.25) is 4.90 Å².